The number of rotatable bonds is 2. The summed E-state index contributed by atoms with van der Waals surface area (Å²) < 4.78 is 45.4. The van der Waals surface area contributed by atoms with E-state index in [1.54, 1.807) is 18.2 Å². The number of carbonyl (C=O) groups is 1. The molecule has 0 amide bonds. The highest BCUT2D eigenvalue weighted by Crippen LogP contribution is 2.38. The summed E-state index contributed by atoms with van der Waals surface area (Å²) in [5.41, 5.74) is 1.83. The van der Waals surface area contributed by atoms with Gasteiger partial charge in [-0.05, 0) is 42.7 Å². The summed E-state index contributed by atoms with van der Waals surface area (Å²) in [6, 6.07) is 11.5. The van der Waals surface area contributed by atoms with Crippen molar-refractivity contribution in [2.75, 3.05) is 5.32 Å². The van der Waals surface area contributed by atoms with E-state index in [1.165, 1.54) is 6.07 Å². The van der Waals surface area contributed by atoms with E-state index in [0.29, 0.717) is 47.2 Å². The van der Waals surface area contributed by atoms with Crippen LogP contribution >= 0.6 is 0 Å². The topological polar surface area (TPSA) is 79.5 Å². The number of hydrogen-bond acceptors (Lipinski definition) is 6. The zero-order chi connectivity index (χ0) is 21.6. The number of halogens is 3. The Morgan fingerprint density at radius 2 is 1.97 bits per heavy atom. The second kappa shape index (κ2) is 7.26. The molecule has 2 aliphatic rings. The maximum atomic E-state index is 13.3. The SMILES string of the molecule is O=C1CCCC2=C1C(c1cccc(C(F)(F)F)c1)N=C(Nc1nc3ccccc3o1)N2.[HH].[HH]. The molecule has 2 aromatic carbocycles. The van der Waals surface area contributed by atoms with E-state index in [0.717, 1.165) is 12.1 Å². The minimum atomic E-state index is -4.49. The number of aliphatic imine (C=N–C) groups is 1. The summed E-state index contributed by atoms with van der Waals surface area (Å²) in [4.78, 5) is 21.5. The van der Waals surface area contributed by atoms with Crippen LogP contribution in [-0.2, 0) is 11.0 Å². The largest absolute Gasteiger partial charge is 0.423 e. The van der Waals surface area contributed by atoms with E-state index < -0.39 is 17.8 Å². The number of guanidine groups is 1. The van der Waals surface area contributed by atoms with Gasteiger partial charge in [-0.2, -0.15) is 18.2 Å². The zero-order valence-corrected chi connectivity index (χ0v) is 16.2. The number of ketones is 1. The van der Waals surface area contributed by atoms with Gasteiger partial charge in [0.05, 0.1) is 5.56 Å². The smallest absolute Gasteiger partial charge is 0.416 e. The number of para-hydroxylation sites is 2. The van der Waals surface area contributed by atoms with Gasteiger partial charge in [-0.3, -0.25) is 10.1 Å². The third-order valence-corrected chi connectivity index (χ3v) is 5.31. The van der Waals surface area contributed by atoms with Crippen LogP contribution in [0, 0.1) is 0 Å². The van der Waals surface area contributed by atoms with E-state index in [1.807, 2.05) is 12.1 Å². The van der Waals surface area contributed by atoms with Crippen LogP contribution in [0.1, 0.15) is 39.3 Å². The van der Waals surface area contributed by atoms with Gasteiger partial charge in [0.15, 0.2) is 11.4 Å². The van der Waals surface area contributed by atoms with Crippen LogP contribution in [0.3, 0.4) is 0 Å². The fraction of sp³-hybridized carbons (Fsp3) is 0.227. The predicted molar refractivity (Wildman–Crippen MR) is 112 cm³/mol. The Bertz CT molecular complexity index is 1220. The van der Waals surface area contributed by atoms with Crippen LogP contribution in [0.2, 0.25) is 0 Å². The highest BCUT2D eigenvalue weighted by atomic mass is 19.4. The summed E-state index contributed by atoms with van der Waals surface area (Å²) in [6.45, 7) is 0. The average Bonchev–Trinajstić information content (AvgIpc) is 3.15. The third-order valence-electron chi connectivity index (χ3n) is 5.31. The first-order valence-corrected chi connectivity index (χ1v) is 9.79. The lowest BCUT2D eigenvalue weighted by molar-refractivity contribution is -0.137. The lowest BCUT2D eigenvalue weighted by Gasteiger charge is -2.30. The quantitative estimate of drug-likeness (QED) is 0.565. The molecule has 9 heteroatoms. The highest BCUT2D eigenvalue weighted by Gasteiger charge is 2.35. The van der Waals surface area contributed by atoms with Gasteiger partial charge in [-0.25, -0.2) is 4.99 Å². The zero-order valence-electron chi connectivity index (χ0n) is 16.2. The number of nitrogens with one attached hydrogen (secondary N) is 2. The van der Waals surface area contributed by atoms with Gasteiger partial charge in [-0.1, -0.05) is 24.3 Å². The van der Waals surface area contributed by atoms with Crippen LogP contribution < -0.4 is 10.6 Å². The van der Waals surface area contributed by atoms with E-state index in [-0.39, 0.29) is 20.6 Å². The molecule has 3 aromatic rings. The molecule has 162 valence electrons. The maximum absolute atomic E-state index is 13.3. The van der Waals surface area contributed by atoms with Crippen LogP contribution in [0.25, 0.3) is 11.1 Å². The van der Waals surface area contributed by atoms with Crippen molar-refractivity contribution in [3.63, 3.8) is 0 Å². The van der Waals surface area contributed by atoms with Gasteiger partial charge in [0.1, 0.15) is 11.6 Å². The van der Waals surface area contributed by atoms with E-state index in [2.05, 4.69) is 20.6 Å². The summed E-state index contributed by atoms with van der Waals surface area (Å²) in [6.07, 6.45) is -2.87. The molecule has 2 heterocycles. The van der Waals surface area contributed by atoms with Gasteiger partial charge in [0.25, 0.3) is 0 Å². The molecule has 1 unspecified atom stereocenters. The van der Waals surface area contributed by atoms with Gasteiger partial charge < -0.3 is 9.73 Å². The van der Waals surface area contributed by atoms with Crippen molar-refractivity contribution in [3.05, 3.63) is 70.9 Å². The van der Waals surface area contributed by atoms with Gasteiger partial charge >= 0.3 is 12.2 Å². The molecular weight excluding hydrogens is 409 g/mol. The number of aromatic nitrogens is 1. The van der Waals surface area contributed by atoms with Crippen molar-refractivity contribution in [1.29, 1.82) is 0 Å². The molecule has 1 aliphatic heterocycles. The Labute approximate surface area is 177 Å². The number of allylic oxidation sites excluding steroid dienone is 1. The number of fused-ring (bicyclic) bond motifs is 1. The standard InChI is InChI=1S/C22H17F3N4O2.2H2/c23-22(24,25)13-6-3-5-12(11-13)19-18-15(8-4-9-16(18)30)26-20(28-19)29-21-27-14-7-1-2-10-17(14)31-21;;/h1-3,5-7,10-11,19H,4,8-9H2,(H2,26,27,28,29);2*1H. The minimum Gasteiger partial charge on any atom is -0.423 e. The second-order valence-corrected chi connectivity index (χ2v) is 7.41. The Kier molecular flexibility index (Phi) is 4.53. The third kappa shape index (κ3) is 3.67. The van der Waals surface area contributed by atoms with Crippen molar-refractivity contribution in [1.82, 2.24) is 10.3 Å². The first kappa shape index (κ1) is 19.3. The van der Waals surface area contributed by atoms with Crippen molar-refractivity contribution in [3.8, 4) is 0 Å². The molecule has 1 aliphatic carbocycles. The molecule has 0 bridgehead atoms. The average molecular weight is 430 g/mol. The number of carbonyl (C=O) groups excluding carboxylic acids is 1. The predicted octanol–water partition coefficient (Wildman–Crippen LogP) is 5.46. The molecule has 0 fully saturated rings. The minimum absolute atomic E-state index is 0. The molecule has 0 spiro atoms. The Hall–Kier alpha value is -3.62. The molecular formula is C22H21F3N4O2. The van der Waals surface area contributed by atoms with Crippen LogP contribution in [0.4, 0.5) is 19.2 Å². The summed E-state index contributed by atoms with van der Waals surface area (Å²) in [7, 11) is 0. The summed E-state index contributed by atoms with van der Waals surface area (Å²) in [5.74, 6) is 0.156. The Balaban J connectivity index is 0.00000153. The molecule has 1 aromatic heterocycles. The molecule has 1 atom stereocenters. The summed E-state index contributed by atoms with van der Waals surface area (Å²) in [5, 5.41) is 6.05. The van der Waals surface area contributed by atoms with Crippen molar-refractivity contribution >= 4 is 28.9 Å². The highest BCUT2D eigenvalue weighted by molar-refractivity contribution is 6.03. The van der Waals surface area contributed by atoms with E-state index in [4.69, 9.17) is 4.42 Å². The number of Topliss-reactive ketones (excluding diaryl/α,β-unsaturated/α-hetero) is 1. The van der Waals surface area contributed by atoms with E-state index >= 15 is 0 Å². The molecule has 0 saturated heterocycles. The fourth-order valence-corrected chi connectivity index (χ4v) is 3.90. The second-order valence-electron chi connectivity index (χ2n) is 7.41. The number of alkyl halides is 3. The monoisotopic (exact) mass is 430 g/mol. The van der Waals surface area contributed by atoms with Crippen LogP contribution in [0.15, 0.2) is 69.2 Å². The van der Waals surface area contributed by atoms with Gasteiger partial charge in [0.2, 0.25) is 5.96 Å². The fourth-order valence-electron chi connectivity index (χ4n) is 3.90. The lowest BCUT2D eigenvalue weighted by Crippen LogP contribution is -2.38. The molecule has 6 nitrogen and oxygen atoms in total. The van der Waals surface area contributed by atoms with Gasteiger partial charge in [-0.15, -0.1) is 0 Å². The van der Waals surface area contributed by atoms with Crippen LogP contribution in [-0.4, -0.2) is 16.7 Å². The molecule has 31 heavy (non-hydrogen) atoms. The maximum Gasteiger partial charge on any atom is 0.416 e. The molecule has 2 N–H and O–H groups in total. The molecule has 5 rings (SSSR count). The number of benzene rings is 2. The molecule has 0 saturated carbocycles. The Morgan fingerprint density at radius 3 is 2.77 bits per heavy atom. The Morgan fingerprint density at radius 1 is 1.13 bits per heavy atom. The normalized spacial score (nSPS) is 19.1. The van der Waals surface area contributed by atoms with Crippen LogP contribution in [0.5, 0.6) is 0 Å². The first-order valence-electron chi connectivity index (χ1n) is 9.79. The lowest BCUT2D eigenvalue weighted by atomic mass is 9.85. The number of oxazole rings is 1. The first-order chi connectivity index (χ1) is 14.9. The number of nitrogens with zero attached hydrogens (tertiary/aromatic N) is 2. The van der Waals surface area contributed by atoms with Crippen molar-refractivity contribution < 1.29 is 25.2 Å². The van der Waals surface area contributed by atoms with E-state index in [9.17, 15) is 18.0 Å². The van der Waals surface area contributed by atoms with Crippen molar-refractivity contribution in [2.45, 2.75) is 31.5 Å². The van der Waals surface area contributed by atoms with Gasteiger partial charge in [0, 0.05) is 20.5 Å². The number of anilines is 1. The molecule has 0 radical (unpaired) electrons. The number of hydrogen-bond donors (Lipinski definition) is 2. The summed E-state index contributed by atoms with van der Waals surface area (Å²) >= 11 is 0. The van der Waals surface area contributed by atoms with Crippen molar-refractivity contribution in [2.24, 2.45) is 4.99 Å².